The second kappa shape index (κ2) is 8.20. The molecule has 3 heterocycles. The molecule has 0 saturated carbocycles. The van der Waals surface area contributed by atoms with E-state index in [2.05, 4.69) is 47.9 Å². The lowest BCUT2D eigenvalue weighted by molar-refractivity contribution is 0.0692. The van der Waals surface area contributed by atoms with Gasteiger partial charge in [0.05, 0.1) is 5.69 Å². The molecular formula is C28H28FN3O2. The largest absolute Gasteiger partial charge is 0.477 e. The van der Waals surface area contributed by atoms with E-state index in [0.717, 1.165) is 45.0 Å². The van der Waals surface area contributed by atoms with Gasteiger partial charge in [0.25, 0.3) is 0 Å². The number of carboxylic acids is 1. The van der Waals surface area contributed by atoms with Gasteiger partial charge in [0.2, 0.25) is 0 Å². The van der Waals surface area contributed by atoms with E-state index in [1.807, 2.05) is 19.2 Å². The third-order valence-electron chi connectivity index (χ3n) is 6.49. The molecule has 174 valence electrons. The highest BCUT2D eigenvalue weighted by Gasteiger charge is 2.27. The molecule has 0 bridgehead atoms. The van der Waals surface area contributed by atoms with Crippen LogP contribution in [0.4, 0.5) is 4.39 Å². The quantitative estimate of drug-likeness (QED) is 0.217. The molecular weight excluding hydrogens is 429 g/mol. The number of benzene rings is 2. The first-order chi connectivity index (χ1) is 16.3. The molecule has 0 fully saturated rings. The third kappa shape index (κ3) is 3.50. The maximum absolute atomic E-state index is 14.6. The molecule has 6 heteroatoms. The van der Waals surface area contributed by atoms with Crippen LogP contribution in [0, 0.1) is 18.7 Å². The van der Waals surface area contributed by atoms with Crippen molar-refractivity contribution in [3.05, 3.63) is 70.9 Å². The van der Waals surface area contributed by atoms with Crippen LogP contribution in [0.2, 0.25) is 0 Å². The Morgan fingerprint density at radius 3 is 2.59 bits per heavy atom. The summed E-state index contributed by atoms with van der Waals surface area (Å²) in [4.78, 5) is 22.2. The minimum absolute atomic E-state index is 0.133. The first-order valence-electron chi connectivity index (χ1n) is 11.6. The van der Waals surface area contributed by atoms with E-state index in [4.69, 9.17) is 0 Å². The Labute approximate surface area is 197 Å². The Bertz CT molecular complexity index is 1550. The average molecular weight is 458 g/mol. The lowest BCUT2D eigenvalue weighted by Gasteiger charge is -2.14. The number of carbonyl (C=O) groups is 1. The number of H-pyrrole nitrogens is 3. The van der Waals surface area contributed by atoms with Gasteiger partial charge < -0.3 is 20.1 Å². The second-order valence-corrected chi connectivity index (χ2v) is 9.43. The van der Waals surface area contributed by atoms with E-state index in [1.54, 1.807) is 6.20 Å². The zero-order valence-electron chi connectivity index (χ0n) is 19.8. The number of aromatic amines is 3. The van der Waals surface area contributed by atoms with Gasteiger partial charge in [-0.15, -0.1) is 0 Å². The van der Waals surface area contributed by atoms with Gasteiger partial charge in [-0.1, -0.05) is 26.8 Å². The van der Waals surface area contributed by atoms with Crippen molar-refractivity contribution in [1.29, 1.82) is 0 Å². The van der Waals surface area contributed by atoms with Crippen molar-refractivity contribution >= 4 is 27.8 Å². The Morgan fingerprint density at radius 2 is 1.88 bits per heavy atom. The predicted molar refractivity (Wildman–Crippen MR) is 135 cm³/mol. The molecule has 0 radical (unpaired) electrons. The van der Waals surface area contributed by atoms with Gasteiger partial charge in [-0.3, -0.25) is 0 Å². The molecule has 34 heavy (non-hydrogen) atoms. The normalized spacial score (nSPS) is 11.8. The molecule has 0 spiro atoms. The Hall–Kier alpha value is -3.80. The molecule has 0 aliphatic rings. The lowest BCUT2D eigenvalue weighted by atomic mass is 9.88. The minimum atomic E-state index is -1.03. The number of halogens is 1. The highest BCUT2D eigenvalue weighted by Crippen LogP contribution is 2.43. The fraction of sp³-hybridized carbons (Fsp3) is 0.250. The summed E-state index contributed by atoms with van der Waals surface area (Å²) in [6.07, 6.45) is 5.25. The van der Waals surface area contributed by atoms with Crippen molar-refractivity contribution in [3.63, 3.8) is 0 Å². The van der Waals surface area contributed by atoms with Gasteiger partial charge in [-0.05, 0) is 72.2 Å². The number of hydrogen-bond donors (Lipinski definition) is 4. The zero-order chi connectivity index (χ0) is 24.1. The van der Waals surface area contributed by atoms with Crippen LogP contribution in [0.3, 0.4) is 0 Å². The standard InChI is InChI=1S/C28H28FN3O2/c1-5-16-13-31-23-10-15(4)9-20(24(16)23)25-21(8-14(2)3)26(32-27(25)28(33)34)19-11-17(29)12-22-18(19)6-7-30-22/h6-7,9-14,30-32H,5,8H2,1-4H3,(H,33,34). The molecule has 3 aromatic heterocycles. The van der Waals surface area contributed by atoms with Crippen LogP contribution in [-0.4, -0.2) is 26.0 Å². The maximum Gasteiger partial charge on any atom is 0.352 e. The van der Waals surface area contributed by atoms with Crippen molar-refractivity contribution in [3.8, 4) is 22.4 Å². The number of aromatic nitrogens is 3. The fourth-order valence-corrected chi connectivity index (χ4v) is 5.14. The number of aromatic carboxylic acids is 1. The van der Waals surface area contributed by atoms with Gasteiger partial charge in [0, 0.05) is 45.3 Å². The van der Waals surface area contributed by atoms with E-state index < -0.39 is 5.97 Å². The molecule has 0 aliphatic heterocycles. The second-order valence-electron chi connectivity index (χ2n) is 9.43. The Kier molecular flexibility index (Phi) is 5.31. The fourth-order valence-electron chi connectivity index (χ4n) is 5.14. The Balaban J connectivity index is 1.92. The Morgan fingerprint density at radius 1 is 1.09 bits per heavy atom. The first-order valence-corrected chi connectivity index (χ1v) is 11.6. The molecule has 4 N–H and O–H groups in total. The van der Waals surface area contributed by atoms with E-state index in [-0.39, 0.29) is 17.4 Å². The van der Waals surface area contributed by atoms with Gasteiger partial charge in [0.15, 0.2) is 0 Å². The average Bonchev–Trinajstić information content (AvgIpc) is 3.48. The highest BCUT2D eigenvalue weighted by atomic mass is 19.1. The van der Waals surface area contributed by atoms with Crippen LogP contribution in [0.1, 0.15) is 48.0 Å². The molecule has 0 amide bonds. The SMILES string of the molecule is CCc1c[nH]c2cc(C)cc(-c3c(C(=O)O)[nH]c(-c4cc(F)cc5[nH]ccc45)c3CC(C)C)c12. The van der Waals surface area contributed by atoms with E-state index in [1.165, 1.54) is 12.1 Å². The summed E-state index contributed by atoms with van der Waals surface area (Å²) in [7, 11) is 0. The summed E-state index contributed by atoms with van der Waals surface area (Å²) in [5.74, 6) is -1.14. The number of nitrogens with one attached hydrogen (secondary N) is 3. The monoisotopic (exact) mass is 457 g/mol. The topological polar surface area (TPSA) is 84.7 Å². The van der Waals surface area contributed by atoms with Crippen LogP contribution in [0.25, 0.3) is 44.2 Å². The van der Waals surface area contributed by atoms with Gasteiger partial charge >= 0.3 is 5.97 Å². The van der Waals surface area contributed by atoms with Crippen molar-refractivity contribution in [2.75, 3.05) is 0 Å². The van der Waals surface area contributed by atoms with Crippen LogP contribution in [-0.2, 0) is 12.8 Å². The molecule has 0 atom stereocenters. The lowest BCUT2D eigenvalue weighted by Crippen LogP contribution is -2.02. The van der Waals surface area contributed by atoms with Crippen molar-refractivity contribution in [2.45, 2.75) is 40.5 Å². The summed E-state index contributed by atoms with van der Waals surface area (Å²) < 4.78 is 14.6. The van der Waals surface area contributed by atoms with Crippen LogP contribution in [0.5, 0.6) is 0 Å². The number of carboxylic acid groups (broad SMARTS) is 1. The first kappa shape index (κ1) is 22.0. The molecule has 0 aliphatic carbocycles. The van der Waals surface area contributed by atoms with Gasteiger partial charge in [-0.25, -0.2) is 9.18 Å². The van der Waals surface area contributed by atoms with Crippen LogP contribution < -0.4 is 0 Å². The molecule has 5 rings (SSSR count). The summed E-state index contributed by atoms with van der Waals surface area (Å²) >= 11 is 0. The summed E-state index contributed by atoms with van der Waals surface area (Å²) in [6.45, 7) is 8.33. The molecule has 0 saturated heterocycles. The van der Waals surface area contributed by atoms with Crippen molar-refractivity contribution in [1.82, 2.24) is 15.0 Å². The molecule has 2 aromatic carbocycles. The smallest absolute Gasteiger partial charge is 0.352 e. The number of hydrogen-bond acceptors (Lipinski definition) is 1. The third-order valence-corrected chi connectivity index (χ3v) is 6.49. The van der Waals surface area contributed by atoms with E-state index in [0.29, 0.717) is 28.8 Å². The molecule has 5 nitrogen and oxygen atoms in total. The van der Waals surface area contributed by atoms with E-state index >= 15 is 0 Å². The number of rotatable bonds is 6. The zero-order valence-corrected chi connectivity index (χ0v) is 19.8. The van der Waals surface area contributed by atoms with Crippen LogP contribution in [0.15, 0.2) is 42.7 Å². The van der Waals surface area contributed by atoms with Crippen LogP contribution >= 0.6 is 0 Å². The van der Waals surface area contributed by atoms with Crippen molar-refractivity contribution in [2.24, 2.45) is 5.92 Å². The number of aryl methyl sites for hydroxylation is 2. The minimum Gasteiger partial charge on any atom is -0.477 e. The van der Waals surface area contributed by atoms with Gasteiger partial charge in [-0.2, -0.15) is 0 Å². The summed E-state index contributed by atoms with van der Waals surface area (Å²) in [5, 5.41) is 12.2. The summed E-state index contributed by atoms with van der Waals surface area (Å²) in [5.41, 5.74) is 7.78. The van der Waals surface area contributed by atoms with E-state index in [9.17, 15) is 14.3 Å². The van der Waals surface area contributed by atoms with Gasteiger partial charge in [0.1, 0.15) is 11.5 Å². The maximum atomic E-state index is 14.6. The van der Waals surface area contributed by atoms with Crippen molar-refractivity contribution < 1.29 is 14.3 Å². The highest BCUT2D eigenvalue weighted by molar-refractivity contribution is 6.07. The molecule has 0 unspecified atom stereocenters. The summed E-state index contributed by atoms with van der Waals surface area (Å²) in [6, 6.07) is 9.00. The molecule has 5 aromatic rings. The number of fused-ring (bicyclic) bond motifs is 2. The predicted octanol–water partition coefficient (Wildman–Crippen LogP) is 7.22.